The number of ether oxygens (including phenoxy) is 2. The maximum absolute atomic E-state index is 9.51. The Balaban J connectivity index is 2.11. The van der Waals surface area contributed by atoms with Crippen LogP contribution in [0.4, 0.5) is 11.4 Å². The van der Waals surface area contributed by atoms with Gasteiger partial charge in [0.1, 0.15) is 0 Å². The molecule has 0 radical (unpaired) electrons. The lowest BCUT2D eigenvalue weighted by Crippen LogP contribution is -2.28. The Labute approximate surface area is 113 Å². The fourth-order valence-electron chi connectivity index (χ4n) is 2.46. The van der Waals surface area contributed by atoms with Gasteiger partial charge in [-0.25, -0.2) is 0 Å². The largest absolute Gasteiger partial charge is 0.493 e. The van der Waals surface area contributed by atoms with E-state index in [-0.39, 0.29) is 6.10 Å². The van der Waals surface area contributed by atoms with Crippen LogP contribution in [0.15, 0.2) is 12.1 Å². The van der Waals surface area contributed by atoms with E-state index in [0.29, 0.717) is 23.2 Å². The Morgan fingerprint density at radius 1 is 1.11 bits per heavy atom. The van der Waals surface area contributed by atoms with E-state index in [9.17, 15) is 5.11 Å². The maximum Gasteiger partial charge on any atom is 0.162 e. The van der Waals surface area contributed by atoms with Crippen LogP contribution in [-0.4, -0.2) is 31.5 Å². The van der Waals surface area contributed by atoms with Crippen LogP contribution in [0, 0.1) is 0 Å². The first-order chi connectivity index (χ1) is 9.13. The SMILES string of the molecule is COc1cc(N)c(NC2CCC(O)CC2)cc1OC. The molecule has 1 aliphatic carbocycles. The average molecular weight is 266 g/mol. The van der Waals surface area contributed by atoms with Gasteiger partial charge in [0, 0.05) is 18.2 Å². The van der Waals surface area contributed by atoms with Gasteiger partial charge in [0.2, 0.25) is 0 Å². The van der Waals surface area contributed by atoms with Crippen molar-refractivity contribution in [1.29, 1.82) is 0 Å². The van der Waals surface area contributed by atoms with Crippen LogP contribution < -0.4 is 20.5 Å². The Bertz CT molecular complexity index is 429. The average Bonchev–Trinajstić information content (AvgIpc) is 2.43. The van der Waals surface area contributed by atoms with Crippen molar-refractivity contribution in [2.75, 3.05) is 25.3 Å². The van der Waals surface area contributed by atoms with E-state index in [0.717, 1.165) is 31.4 Å². The van der Waals surface area contributed by atoms with Crippen molar-refractivity contribution in [2.24, 2.45) is 0 Å². The third kappa shape index (κ3) is 3.23. The molecule has 1 fully saturated rings. The summed E-state index contributed by atoms with van der Waals surface area (Å²) in [4.78, 5) is 0. The highest BCUT2D eigenvalue weighted by Crippen LogP contribution is 2.36. The minimum atomic E-state index is -0.152. The predicted molar refractivity (Wildman–Crippen MR) is 75.8 cm³/mol. The van der Waals surface area contributed by atoms with Gasteiger partial charge >= 0.3 is 0 Å². The van der Waals surface area contributed by atoms with Gasteiger partial charge in [-0.15, -0.1) is 0 Å². The molecule has 5 nitrogen and oxygen atoms in total. The van der Waals surface area contributed by atoms with E-state index in [2.05, 4.69) is 5.32 Å². The summed E-state index contributed by atoms with van der Waals surface area (Å²) in [6.07, 6.45) is 3.43. The Morgan fingerprint density at radius 2 is 1.68 bits per heavy atom. The molecule has 0 saturated heterocycles. The summed E-state index contributed by atoms with van der Waals surface area (Å²) in [7, 11) is 3.20. The lowest BCUT2D eigenvalue weighted by atomic mass is 9.93. The van der Waals surface area contributed by atoms with Crippen LogP contribution in [0.5, 0.6) is 11.5 Å². The lowest BCUT2D eigenvalue weighted by Gasteiger charge is -2.27. The molecule has 0 unspecified atom stereocenters. The van der Waals surface area contributed by atoms with E-state index in [1.165, 1.54) is 0 Å². The van der Waals surface area contributed by atoms with Crippen LogP contribution in [0.1, 0.15) is 25.7 Å². The molecule has 0 aliphatic heterocycles. The minimum Gasteiger partial charge on any atom is -0.493 e. The summed E-state index contributed by atoms with van der Waals surface area (Å²) in [5.74, 6) is 1.29. The smallest absolute Gasteiger partial charge is 0.162 e. The highest BCUT2D eigenvalue weighted by atomic mass is 16.5. The maximum atomic E-state index is 9.51. The number of benzene rings is 1. The summed E-state index contributed by atoms with van der Waals surface area (Å²) in [6, 6.07) is 3.97. The molecule has 0 heterocycles. The monoisotopic (exact) mass is 266 g/mol. The third-order valence-corrected chi connectivity index (χ3v) is 3.61. The molecule has 1 saturated carbocycles. The van der Waals surface area contributed by atoms with Crippen molar-refractivity contribution in [3.8, 4) is 11.5 Å². The van der Waals surface area contributed by atoms with Gasteiger partial charge in [0.15, 0.2) is 11.5 Å². The second-order valence-corrected chi connectivity index (χ2v) is 4.94. The van der Waals surface area contributed by atoms with Crippen molar-refractivity contribution in [1.82, 2.24) is 0 Å². The molecule has 2 rings (SSSR count). The van der Waals surface area contributed by atoms with Crippen LogP contribution >= 0.6 is 0 Å². The minimum absolute atomic E-state index is 0.152. The highest BCUT2D eigenvalue weighted by Gasteiger charge is 2.20. The van der Waals surface area contributed by atoms with Crippen LogP contribution in [-0.2, 0) is 0 Å². The fraction of sp³-hybridized carbons (Fsp3) is 0.571. The molecule has 1 aliphatic rings. The van der Waals surface area contributed by atoms with Crippen LogP contribution in [0.3, 0.4) is 0 Å². The number of nitrogen functional groups attached to an aromatic ring is 1. The Morgan fingerprint density at radius 3 is 2.26 bits per heavy atom. The number of aliphatic hydroxyl groups is 1. The zero-order chi connectivity index (χ0) is 13.8. The van der Waals surface area contributed by atoms with Crippen molar-refractivity contribution in [2.45, 2.75) is 37.8 Å². The van der Waals surface area contributed by atoms with Gasteiger partial charge in [-0.05, 0) is 25.7 Å². The summed E-state index contributed by atoms with van der Waals surface area (Å²) >= 11 is 0. The lowest BCUT2D eigenvalue weighted by molar-refractivity contribution is 0.126. The van der Waals surface area contributed by atoms with Gasteiger partial charge in [0.25, 0.3) is 0 Å². The quantitative estimate of drug-likeness (QED) is 0.727. The summed E-state index contributed by atoms with van der Waals surface area (Å²) in [5.41, 5.74) is 7.52. The number of hydrogen-bond donors (Lipinski definition) is 3. The van der Waals surface area contributed by atoms with E-state index < -0.39 is 0 Å². The Hall–Kier alpha value is -1.62. The molecule has 0 aromatic heterocycles. The molecule has 0 bridgehead atoms. The fourth-order valence-corrected chi connectivity index (χ4v) is 2.46. The molecule has 19 heavy (non-hydrogen) atoms. The van der Waals surface area contributed by atoms with Gasteiger partial charge in [-0.3, -0.25) is 0 Å². The second-order valence-electron chi connectivity index (χ2n) is 4.94. The zero-order valence-electron chi connectivity index (χ0n) is 11.5. The molecule has 1 aromatic rings. The summed E-state index contributed by atoms with van der Waals surface area (Å²) in [6.45, 7) is 0. The number of nitrogens with one attached hydrogen (secondary N) is 1. The number of methoxy groups -OCH3 is 2. The van der Waals surface area contributed by atoms with Crippen molar-refractivity contribution in [3.63, 3.8) is 0 Å². The first kappa shape index (κ1) is 13.8. The van der Waals surface area contributed by atoms with Crippen molar-refractivity contribution >= 4 is 11.4 Å². The summed E-state index contributed by atoms with van der Waals surface area (Å²) in [5, 5.41) is 12.9. The van der Waals surface area contributed by atoms with Crippen molar-refractivity contribution in [3.05, 3.63) is 12.1 Å². The number of aliphatic hydroxyl groups excluding tert-OH is 1. The topological polar surface area (TPSA) is 76.7 Å². The van der Waals surface area contributed by atoms with E-state index in [4.69, 9.17) is 15.2 Å². The molecule has 5 heteroatoms. The molecule has 0 amide bonds. The number of nitrogens with two attached hydrogens (primary N) is 1. The summed E-state index contributed by atoms with van der Waals surface area (Å²) < 4.78 is 10.5. The van der Waals surface area contributed by atoms with Gasteiger partial charge < -0.3 is 25.6 Å². The molecule has 1 aromatic carbocycles. The normalized spacial score (nSPS) is 22.9. The molecule has 106 valence electrons. The van der Waals surface area contributed by atoms with Gasteiger partial charge in [-0.2, -0.15) is 0 Å². The molecular formula is C14H22N2O3. The first-order valence-corrected chi connectivity index (χ1v) is 6.60. The molecular weight excluding hydrogens is 244 g/mol. The standard InChI is InChI=1S/C14H22N2O3/c1-18-13-7-11(15)12(8-14(13)19-2)16-9-3-5-10(17)6-4-9/h7-10,16-17H,3-6,15H2,1-2H3. The number of hydrogen-bond acceptors (Lipinski definition) is 5. The zero-order valence-corrected chi connectivity index (χ0v) is 11.5. The van der Waals surface area contributed by atoms with E-state index in [1.807, 2.05) is 6.07 Å². The van der Waals surface area contributed by atoms with Gasteiger partial charge in [0.05, 0.1) is 31.7 Å². The first-order valence-electron chi connectivity index (χ1n) is 6.60. The van der Waals surface area contributed by atoms with Gasteiger partial charge in [-0.1, -0.05) is 0 Å². The predicted octanol–water partition coefficient (Wildman–Crippen LogP) is 2.00. The second kappa shape index (κ2) is 6.02. The number of rotatable bonds is 4. The van der Waals surface area contributed by atoms with E-state index in [1.54, 1.807) is 20.3 Å². The molecule has 4 N–H and O–H groups in total. The highest BCUT2D eigenvalue weighted by molar-refractivity contribution is 5.72. The number of anilines is 2. The Kier molecular flexibility index (Phi) is 4.37. The van der Waals surface area contributed by atoms with Crippen LogP contribution in [0.2, 0.25) is 0 Å². The third-order valence-electron chi connectivity index (χ3n) is 3.61. The van der Waals surface area contributed by atoms with E-state index >= 15 is 0 Å². The molecule has 0 atom stereocenters. The van der Waals surface area contributed by atoms with Crippen molar-refractivity contribution < 1.29 is 14.6 Å². The molecule has 0 spiro atoms. The van der Waals surface area contributed by atoms with Crippen LogP contribution in [0.25, 0.3) is 0 Å².